The van der Waals surface area contributed by atoms with E-state index in [1.54, 1.807) is 6.21 Å². The monoisotopic (exact) mass is 324 g/mol. The van der Waals surface area contributed by atoms with Crippen molar-refractivity contribution in [3.05, 3.63) is 52.7 Å². The lowest BCUT2D eigenvalue weighted by Gasteiger charge is -2.26. The Labute approximate surface area is 145 Å². The first-order valence-corrected chi connectivity index (χ1v) is 8.34. The number of aliphatic imine (C=N–C) groups is 1. The van der Waals surface area contributed by atoms with Crippen molar-refractivity contribution in [3.63, 3.8) is 0 Å². The van der Waals surface area contributed by atoms with Gasteiger partial charge >= 0.3 is 0 Å². The fraction of sp³-hybridized carbons (Fsp3) is 0.429. The van der Waals surface area contributed by atoms with Gasteiger partial charge in [0.2, 0.25) is 0 Å². The van der Waals surface area contributed by atoms with Gasteiger partial charge in [-0.3, -0.25) is 0 Å². The molecule has 2 aromatic rings. The third-order valence-corrected chi connectivity index (χ3v) is 4.02. The summed E-state index contributed by atoms with van der Waals surface area (Å²) in [5, 5.41) is 10.7. The Morgan fingerprint density at radius 1 is 1.00 bits per heavy atom. The molecule has 0 radical (unpaired) electrons. The van der Waals surface area contributed by atoms with Gasteiger partial charge in [0.25, 0.3) is 0 Å². The summed E-state index contributed by atoms with van der Waals surface area (Å²) in [5.74, 6) is 0.944. The van der Waals surface area contributed by atoms with E-state index in [2.05, 4.69) is 57.6 Å². The molecule has 0 saturated carbocycles. The summed E-state index contributed by atoms with van der Waals surface area (Å²) in [6, 6.07) is 9.86. The van der Waals surface area contributed by atoms with Gasteiger partial charge in [0.05, 0.1) is 0 Å². The fourth-order valence-corrected chi connectivity index (χ4v) is 2.50. The van der Waals surface area contributed by atoms with Gasteiger partial charge in [-0.15, -0.1) is 0 Å². The third kappa shape index (κ3) is 4.22. The number of phenolic OH excluding ortho intramolecular Hbond substituents is 1. The first-order valence-electron chi connectivity index (χ1n) is 8.34. The van der Waals surface area contributed by atoms with Gasteiger partial charge in [0, 0.05) is 23.0 Å². The minimum Gasteiger partial charge on any atom is -0.507 e. The largest absolute Gasteiger partial charge is 0.507 e. The molecule has 0 saturated heterocycles. The van der Waals surface area contributed by atoms with Crippen LogP contribution >= 0.6 is 0 Å². The average molecular weight is 324 g/mol. The number of hydrogen-bond acceptors (Lipinski definition) is 3. The van der Waals surface area contributed by atoms with E-state index in [0.29, 0.717) is 11.6 Å². The molecule has 2 rings (SSSR count). The smallest absolute Gasteiger partial charge is 0.152 e. The van der Waals surface area contributed by atoms with E-state index in [1.807, 2.05) is 31.2 Å². The molecule has 0 bridgehead atoms. The van der Waals surface area contributed by atoms with Crippen molar-refractivity contribution in [2.45, 2.75) is 59.3 Å². The summed E-state index contributed by atoms with van der Waals surface area (Å²) in [6.45, 7) is 14.8. The van der Waals surface area contributed by atoms with Crippen molar-refractivity contribution in [3.8, 4) is 5.75 Å². The van der Waals surface area contributed by atoms with Crippen molar-refractivity contribution in [1.29, 1.82) is 0 Å². The molecular weight excluding hydrogens is 296 g/mol. The second-order valence-corrected chi connectivity index (χ2v) is 8.36. The number of hydrogen-bond donors (Lipinski definition) is 1. The zero-order valence-electron chi connectivity index (χ0n) is 15.8. The number of benzene rings is 1. The molecule has 1 N–H and O–H groups in total. The Bertz CT molecular complexity index is 762. The first-order chi connectivity index (χ1) is 11.0. The lowest BCUT2D eigenvalue weighted by molar-refractivity contribution is 0.444. The van der Waals surface area contributed by atoms with Crippen molar-refractivity contribution >= 4 is 12.0 Å². The van der Waals surface area contributed by atoms with Crippen LogP contribution in [0.15, 0.2) is 35.3 Å². The maximum Gasteiger partial charge on any atom is 0.152 e. The molecule has 0 aliphatic carbocycles. The predicted octanol–water partition coefficient (Wildman–Crippen LogP) is 5.44. The molecule has 0 spiro atoms. The maximum absolute atomic E-state index is 10.7. The molecule has 0 amide bonds. The fourth-order valence-electron chi connectivity index (χ4n) is 2.50. The number of aryl methyl sites for hydroxylation is 1. The van der Waals surface area contributed by atoms with Crippen LogP contribution in [0.4, 0.5) is 5.82 Å². The highest BCUT2D eigenvalue weighted by atomic mass is 16.3. The summed E-state index contributed by atoms with van der Waals surface area (Å²) in [5.41, 5.74) is 3.63. The van der Waals surface area contributed by atoms with Gasteiger partial charge in [0.1, 0.15) is 5.75 Å². The van der Waals surface area contributed by atoms with Crippen LogP contribution in [0.3, 0.4) is 0 Å². The van der Waals surface area contributed by atoms with E-state index in [1.165, 1.54) is 5.56 Å². The third-order valence-electron chi connectivity index (χ3n) is 4.02. The molecule has 1 aromatic carbocycles. The lowest BCUT2D eigenvalue weighted by atomic mass is 9.79. The van der Waals surface area contributed by atoms with Crippen LogP contribution in [0.2, 0.25) is 0 Å². The number of phenols is 1. The normalized spacial score (nSPS) is 12.8. The Morgan fingerprint density at radius 2 is 1.67 bits per heavy atom. The van der Waals surface area contributed by atoms with Crippen molar-refractivity contribution in [2.75, 3.05) is 0 Å². The highest BCUT2D eigenvalue weighted by Gasteiger charge is 2.24. The molecule has 0 aliphatic heterocycles. The van der Waals surface area contributed by atoms with Crippen LogP contribution in [0.5, 0.6) is 5.75 Å². The predicted molar refractivity (Wildman–Crippen MR) is 102 cm³/mol. The minimum absolute atomic E-state index is 0.00211. The minimum atomic E-state index is -0.143. The highest BCUT2D eigenvalue weighted by molar-refractivity contribution is 5.86. The van der Waals surface area contributed by atoms with Crippen LogP contribution in [-0.4, -0.2) is 16.3 Å². The average Bonchev–Trinajstić information content (AvgIpc) is 2.43. The van der Waals surface area contributed by atoms with E-state index < -0.39 is 0 Å². The number of nitrogens with zero attached hydrogens (tertiary/aromatic N) is 2. The number of aromatic hydroxyl groups is 1. The van der Waals surface area contributed by atoms with Gasteiger partial charge < -0.3 is 5.11 Å². The summed E-state index contributed by atoms with van der Waals surface area (Å²) in [4.78, 5) is 8.83. The quantitative estimate of drug-likeness (QED) is 0.747. The molecule has 0 aliphatic rings. The second-order valence-electron chi connectivity index (χ2n) is 8.36. The second kappa shape index (κ2) is 6.39. The summed E-state index contributed by atoms with van der Waals surface area (Å²) in [7, 11) is 0. The topological polar surface area (TPSA) is 45.5 Å². The number of pyridine rings is 1. The van der Waals surface area contributed by atoms with E-state index in [4.69, 9.17) is 0 Å². The van der Waals surface area contributed by atoms with Crippen molar-refractivity contribution < 1.29 is 5.11 Å². The van der Waals surface area contributed by atoms with E-state index in [0.717, 1.165) is 16.8 Å². The zero-order valence-corrected chi connectivity index (χ0v) is 15.8. The zero-order chi connectivity index (χ0) is 18.1. The van der Waals surface area contributed by atoms with Gasteiger partial charge in [-0.2, -0.15) is 0 Å². The van der Waals surface area contributed by atoms with Crippen molar-refractivity contribution in [2.24, 2.45) is 4.99 Å². The van der Waals surface area contributed by atoms with Crippen LogP contribution in [0.25, 0.3) is 0 Å². The molecule has 3 heteroatoms. The standard InChI is InChI=1S/C21H28N2O/c1-14-9-8-10-18(23-14)22-13-15-11-16(20(2,3)4)12-17(19(15)24)21(5,6)7/h8-13,24H,1-7H3/b22-13+. The van der Waals surface area contributed by atoms with Gasteiger partial charge in [-0.05, 0) is 41.5 Å². The molecule has 1 heterocycles. The summed E-state index contributed by atoms with van der Waals surface area (Å²) < 4.78 is 0. The lowest BCUT2D eigenvalue weighted by Crippen LogP contribution is -2.17. The Kier molecular flexibility index (Phi) is 4.84. The number of aromatic nitrogens is 1. The number of rotatable bonds is 2. The molecule has 0 unspecified atom stereocenters. The van der Waals surface area contributed by atoms with Crippen LogP contribution in [0, 0.1) is 6.92 Å². The molecule has 0 fully saturated rings. The van der Waals surface area contributed by atoms with Crippen molar-refractivity contribution in [1.82, 2.24) is 4.98 Å². The summed E-state index contributed by atoms with van der Waals surface area (Å²) >= 11 is 0. The Morgan fingerprint density at radius 3 is 2.21 bits per heavy atom. The SMILES string of the molecule is Cc1cccc(/N=C/c2cc(C(C)(C)C)cc(C(C)(C)C)c2O)n1. The van der Waals surface area contributed by atoms with E-state index >= 15 is 0 Å². The Balaban J connectivity index is 2.56. The Hall–Kier alpha value is -2.16. The first kappa shape index (κ1) is 18.2. The van der Waals surface area contributed by atoms with Crippen LogP contribution in [-0.2, 0) is 10.8 Å². The highest BCUT2D eigenvalue weighted by Crippen LogP contribution is 2.37. The molecule has 128 valence electrons. The van der Waals surface area contributed by atoms with E-state index in [9.17, 15) is 5.11 Å². The van der Waals surface area contributed by atoms with Gasteiger partial charge in [-0.25, -0.2) is 9.98 Å². The molecule has 24 heavy (non-hydrogen) atoms. The molecule has 0 atom stereocenters. The molecular formula is C21H28N2O. The van der Waals surface area contributed by atoms with Crippen LogP contribution in [0.1, 0.15) is 63.9 Å². The maximum atomic E-state index is 10.7. The summed E-state index contributed by atoms with van der Waals surface area (Å²) in [6.07, 6.45) is 1.71. The van der Waals surface area contributed by atoms with Gasteiger partial charge in [0.15, 0.2) is 5.82 Å². The van der Waals surface area contributed by atoms with Crippen LogP contribution < -0.4 is 0 Å². The van der Waals surface area contributed by atoms with E-state index in [-0.39, 0.29) is 10.8 Å². The molecule has 3 nitrogen and oxygen atoms in total. The van der Waals surface area contributed by atoms with Gasteiger partial charge in [-0.1, -0.05) is 53.7 Å². The molecule has 1 aromatic heterocycles.